The van der Waals surface area contributed by atoms with Crippen LogP contribution in [0.2, 0.25) is 0 Å². The van der Waals surface area contributed by atoms with Crippen LogP contribution in [0.1, 0.15) is 24.5 Å². The number of benzene rings is 1. The van der Waals surface area contributed by atoms with Crippen LogP contribution < -0.4 is 0 Å². The van der Waals surface area contributed by atoms with Gasteiger partial charge in [0.15, 0.2) is 6.29 Å². The van der Waals surface area contributed by atoms with Gasteiger partial charge in [0, 0.05) is 79.5 Å². The van der Waals surface area contributed by atoms with Crippen molar-refractivity contribution in [2.45, 2.75) is 38.6 Å². The van der Waals surface area contributed by atoms with Crippen LogP contribution in [0.5, 0.6) is 0 Å². The molecule has 0 spiro atoms. The van der Waals surface area contributed by atoms with Crippen LogP contribution in [0.25, 0.3) is 0 Å². The number of aliphatic hydroxyl groups excluding tert-OH is 1. The SMILES string of the molecule is CCOC(O)CC1Cc2ccccc2CN1SI.[Y]. The fourth-order valence-corrected chi connectivity index (χ4v) is 4.18. The van der Waals surface area contributed by atoms with Crippen LogP contribution in [0.15, 0.2) is 24.3 Å². The molecule has 1 aromatic carbocycles. The number of aliphatic hydroxyl groups is 1. The second kappa shape index (κ2) is 9.33. The van der Waals surface area contributed by atoms with Gasteiger partial charge in [0.05, 0.1) is 0 Å². The summed E-state index contributed by atoms with van der Waals surface area (Å²) >= 11 is 2.31. The van der Waals surface area contributed by atoms with Crippen molar-refractivity contribution in [1.82, 2.24) is 4.31 Å². The van der Waals surface area contributed by atoms with E-state index in [0.717, 1.165) is 13.0 Å². The molecule has 0 fully saturated rings. The average Bonchev–Trinajstić information content (AvgIpc) is 2.38. The Balaban J connectivity index is 0.00000180. The van der Waals surface area contributed by atoms with Crippen molar-refractivity contribution in [3.05, 3.63) is 35.4 Å². The smallest absolute Gasteiger partial charge is 0.156 e. The summed E-state index contributed by atoms with van der Waals surface area (Å²) in [4.78, 5) is 0. The van der Waals surface area contributed by atoms with E-state index in [9.17, 15) is 5.11 Å². The first-order chi connectivity index (χ1) is 8.74. The van der Waals surface area contributed by atoms with Gasteiger partial charge in [-0.25, -0.2) is 4.31 Å². The van der Waals surface area contributed by atoms with Gasteiger partial charge < -0.3 is 9.84 Å². The molecule has 0 aromatic heterocycles. The van der Waals surface area contributed by atoms with Crippen molar-refractivity contribution < 1.29 is 42.6 Å². The first-order valence-corrected chi connectivity index (χ1v) is 9.48. The van der Waals surface area contributed by atoms with Gasteiger partial charge in [0.25, 0.3) is 0 Å². The molecule has 19 heavy (non-hydrogen) atoms. The summed E-state index contributed by atoms with van der Waals surface area (Å²) in [7, 11) is 1.71. The zero-order valence-electron chi connectivity index (χ0n) is 11.0. The van der Waals surface area contributed by atoms with Gasteiger partial charge in [-0.05, 0) is 33.6 Å². The summed E-state index contributed by atoms with van der Waals surface area (Å²) in [6, 6.07) is 8.88. The van der Waals surface area contributed by atoms with Crippen LogP contribution >= 0.6 is 30.3 Å². The van der Waals surface area contributed by atoms with Gasteiger partial charge in [-0.1, -0.05) is 24.3 Å². The van der Waals surface area contributed by atoms with Crippen LogP contribution in [0.4, 0.5) is 0 Å². The normalized spacial score (nSPS) is 20.5. The van der Waals surface area contributed by atoms with Gasteiger partial charge in [0.1, 0.15) is 0 Å². The molecule has 1 aliphatic heterocycles. The van der Waals surface area contributed by atoms with E-state index in [1.54, 1.807) is 9.12 Å². The van der Waals surface area contributed by atoms with E-state index in [4.69, 9.17) is 4.74 Å². The molecular weight excluding hydrogens is 450 g/mol. The molecule has 2 unspecified atom stereocenters. The Labute approximate surface area is 156 Å². The third-order valence-electron chi connectivity index (χ3n) is 3.23. The van der Waals surface area contributed by atoms with Crippen LogP contribution in [0.3, 0.4) is 0 Å². The Bertz CT molecular complexity index is 397. The predicted octanol–water partition coefficient (Wildman–Crippen LogP) is 3.15. The summed E-state index contributed by atoms with van der Waals surface area (Å²) in [5.74, 6) is 0. The summed E-state index contributed by atoms with van der Waals surface area (Å²) in [6.45, 7) is 3.40. The standard InChI is InChI=1S/C13H18INO2S.Y/c1-2-17-13(16)8-12-7-10-5-3-4-6-11(10)9-15(12)18-14;/h3-6,12-13,16H,2,7-9H2,1H3;. The number of hydrogen-bond acceptors (Lipinski definition) is 4. The molecule has 6 heteroatoms. The fourth-order valence-electron chi connectivity index (χ4n) is 2.34. The van der Waals surface area contributed by atoms with Crippen LogP contribution in [-0.4, -0.2) is 28.4 Å². The molecular formula is C13H18INO2SY. The van der Waals surface area contributed by atoms with E-state index in [-0.39, 0.29) is 32.7 Å². The van der Waals surface area contributed by atoms with E-state index >= 15 is 0 Å². The third-order valence-corrected chi connectivity index (χ3v) is 5.35. The maximum absolute atomic E-state index is 9.80. The minimum absolute atomic E-state index is 0. The van der Waals surface area contributed by atoms with E-state index in [1.165, 1.54) is 11.1 Å². The molecule has 0 saturated heterocycles. The van der Waals surface area contributed by atoms with Crippen molar-refractivity contribution in [2.24, 2.45) is 0 Å². The minimum atomic E-state index is -0.656. The third kappa shape index (κ3) is 5.20. The number of fused-ring (bicyclic) bond motifs is 1. The van der Waals surface area contributed by atoms with Crippen molar-refractivity contribution in [1.29, 1.82) is 0 Å². The Hall–Kier alpha value is 1.28. The number of rotatable bonds is 5. The van der Waals surface area contributed by atoms with Crippen LogP contribution in [0, 0.1) is 0 Å². The molecule has 3 nitrogen and oxygen atoms in total. The maximum atomic E-state index is 9.80. The molecule has 0 amide bonds. The molecule has 0 aliphatic carbocycles. The Morgan fingerprint density at radius 1 is 1.47 bits per heavy atom. The first kappa shape index (κ1) is 18.3. The van der Waals surface area contributed by atoms with Crippen molar-refractivity contribution in [2.75, 3.05) is 6.61 Å². The molecule has 1 N–H and O–H groups in total. The van der Waals surface area contributed by atoms with E-state index in [2.05, 4.69) is 49.8 Å². The summed E-state index contributed by atoms with van der Waals surface area (Å²) in [5.41, 5.74) is 2.79. The molecule has 1 radical (unpaired) electrons. The Morgan fingerprint density at radius 3 is 2.79 bits per heavy atom. The second-order valence-electron chi connectivity index (χ2n) is 4.42. The quantitative estimate of drug-likeness (QED) is 0.409. The summed E-state index contributed by atoms with van der Waals surface area (Å²) in [6.07, 6.45) is 0.991. The predicted molar refractivity (Wildman–Crippen MR) is 83.3 cm³/mol. The molecule has 2 rings (SSSR count). The molecule has 1 heterocycles. The number of halogens is 1. The molecule has 103 valence electrons. The van der Waals surface area contributed by atoms with Gasteiger partial charge in [-0.3, -0.25) is 0 Å². The molecule has 1 aromatic rings. The molecule has 1 aliphatic rings. The number of ether oxygens (including phenoxy) is 1. The van der Waals surface area contributed by atoms with E-state index in [1.807, 2.05) is 6.92 Å². The largest absolute Gasteiger partial charge is 0.368 e. The topological polar surface area (TPSA) is 32.7 Å². The van der Waals surface area contributed by atoms with Crippen molar-refractivity contribution in [3.63, 3.8) is 0 Å². The van der Waals surface area contributed by atoms with Gasteiger partial charge in [-0.2, -0.15) is 0 Å². The van der Waals surface area contributed by atoms with Gasteiger partial charge in [-0.15, -0.1) is 0 Å². The monoisotopic (exact) mass is 468 g/mol. The average molecular weight is 468 g/mol. The zero-order valence-corrected chi connectivity index (χ0v) is 16.8. The Morgan fingerprint density at radius 2 is 2.16 bits per heavy atom. The van der Waals surface area contributed by atoms with Gasteiger partial charge >= 0.3 is 0 Å². The molecule has 0 bridgehead atoms. The minimum Gasteiger partial charge on any atom is -0.368 e. The molecule has 0 saturated carbocycles. The van der Waals surface area contributed by atoms with E-state index in [0.29, 0.717) is 19.1 Å². The Kier molecular flexibility index (Phi) is 9.00. The summed E-state index contributed by atoms with van der Waals surface area (Å²) in [5, 5.41) is 9.80. The fraction of sp³-hybridized carbons (Fsp3) is 0.538. The summed E-state index contributed by atoms with van der Waals surface area (Å²) < 4.78 is 7.57. The zero-order chi connectivity index (χ0) is 13.0. The van der Waals surface area contributed by atoms with Crippen molar-refractivity contribution in [3.8, 4) is 0 Å². The van der Waals surface area contributed by atoms with Gasteiger partial charge in [0.2, 0.25) is 0 Å². The second-order valence-corrected chi connectivity index (χ2v) is 6.21. The van der Waals surface area contributed by atoms with Crippen LogP contribution in [-0.2, 0) is 50.4 Å². The first-order valence-electron chi connectivity index (χ1n) is 6.16. The molecule has 2 atom stereocenters. The van der Waals surface area contributed by atoms with Crippen molar-refractivity contribution >= 4 is 30.3 Å². The van der Waals surface area contributed by atoms with E-state index < -0.39 is 6.29 Å². The maximum Gasteiger partial charge on any atom is 0.156 e. The number of hydrogen-bond donors (Lipinski definition) is 1. The number of nitrogens with zero attached hydrogens (tertiary/aromatic N) is 1.